The van der Waals surface area contributed by atoms with Crippen molar-refractivity contribution >= 4 is 0 Å². The van der Waals surface area contributed by atoms with Crippen molar-refractivity contribution in [3.05, 3.63) is 0 Å². The van der Waals surface area contributed by atoms with Gasteiger partial charge in [0.2, 0.25) is 0 Å². The monoisotopic (exact) mass is 140 g/mol. The van der Waals surface area contributed by atoms with Crippen LogP contribution in [-0.4, -0.2) is 0 Å². The molecule has 60 valence electrons. The third kappa shape index (κ3) is 2.32. The molecular formula is C10H20. The first kappa shape index (κ1) is 8.10. The van der Waals surface area contributed by atoms with Gasteiger partial charge in [-0.25, -0.2) is 0 Å². The highest BCUT2D eigenvalue weighted by Crippen LogP contribution is 2.34. The van der Waals surface area contributed by atoms with E-state index in [9.17, 15) is 0 Å². The zero-order valence-electron chi connectivity index (χ0n) is 7.56. The van der Waals surface area contributed by atoms with E-state index in [0.29, 0.717) is 0 Å². The van der Waals surface area contributed by atoms with Crippen molar-refractivity contribution in [2.45, 2.75) is 46.5 Å². The van der Waals surface area contributed by atoms with Gasteiger partial charge in [-0.2, -0.15) is 0 Å². The van der Waals surface area contributed by atoms with Gasteiger partial charge in [0.15, 0.2) is 0 Å². The Morgan fingerprint density at radius 1 is 1.30 bits per heavy atom. The van der Waals surface area contributed by atoms with E-state index < -0.39 is 0 Å². The summed E-state index contributed by atoms with van der Waals surface area (Å²) >= 11 is 0. The molecule has 2 unspecified atom stereocenters. The van der Waals surface area contributed by atoms with Gasteiger partial charge in [-0.1, -0.05) is 33.6 Å². The molecule has 1 rings (SSSR count). The van der Waals surface area contributed by atoms with E-state index in [-0.39, 0.29) is 0 Å². The first-order chi connectivity index (χ1) is 4.68. The molecule has 0 aromatic carbocycles. The quantitative estimate of drug-likeness (QED) is 0.551. The molecular weight excluding hydrogens is 120 g/mol. The van der Waals surface area contributed by atoms with Crippen LogP contribution in [0, 0.1) is 17.8 Å². The lowest BCUT2D eigenvalue weighted by molar-refractivity contribution is 0.408. The Labute approximate surface area is 65.0 Å². The molecule has 0 aromatic heterocycles. The Bertz CT molecular complexity index is 94.2. The molecule has 1 saturated carbocycles. The molecule has 1 aliphatic rings. The van der Waals surface area contributed by atoms with Crippen molar-refractivity contribution in [1.82, 2.24) is 0 Å². The number of hydrogen-bond donors (Lipinski definition) is 0. The van der Waals surface area contributed by atoms with Gasteiger partial charge in [0.25, 0.3) is 0 Å². The lowest BCUT2D eigenvalue weighted by Gasteiger charge is -2.11. The molecule has 0 spiro atoms. The van der Waals surface area contributed by atoms with Gasteiger partial charge < -0.3 is 0 Å². The summed E-state index contributed by atoms with van der Waals surface area (Å²) in [4.78, 5) is 0. The maximum absolute atomic E-state index is 2.39. The summed E-state index contributed by atoms with van der Waals surface area (Å²) in [6, 6.07) is 0. The largest absolute Gasteiger partial charge is 0.0628 e. The molecule has 0 N–H and O–H groups in total. The maximum atomic E-state index is 2.39. The van der Waals surface area contributed by atoms with Crippen molar-refractivity contribution in [2.24, 2.45) is 17.8 Å². The van der Waals surface area contributed by atoms with Crippen molar-refractivity contribution in [3.63, 3.8) is 0 Å². The van der Waals surface area contributed by atoms with Crippen LogP contribution in [0.5, 0.6) is 0 Å². The molecule has 0 amide bonds. The predicted octanol–water partition coefficient (Wildman–Crippen LogP) is 3.47. The highest BCUT2D eigenvalue weighted by atomic mass is 14.3. The molecule has 1 aliphatic carbocycles. The second kappa shape index (κ2) is 3.41. The summed E-state index contributed by atoms with van der Waals surface area (Å²) in [6.45, 7) is 7.06. The molecule has 0 saturated heterocycles. The van der Waals surface area contributed by atoms with E-state index in [0.717, 1.165) is 17.8 Å². The van der Waals surface area contributed by atoms with Crippen LogP contribution in [0.25, 0.3) is 0 Å². The van der Waals surface area contributed by atoms with Crippen molar-refractivity contribution in [1.29, 1.82) is 0 Å². The fourth-order valence-corrected chi connectivity index (χ4v) is 2.21. The van der Waals surface area contributed by atoms with Crippen LogP contribution in [-0.2, 0) is 0 Å². The Hall–Kier alpha value is 0. The number of rotatable bonds is 2. The first-order valence-electron chi connectivity index (χ1n) is 4.68. The molecule has 1 fully saturated rings. The van der Waals surface area contributed by atoms with Crippen molar-refractivity contribution in [3.8, 4) is 0 Å². The summed E-state index contributed by atoms with van der Waals surface area (Å²) in [6.07, 6.45) is 5.94. The Morgan fingerprint density at radius 3 is 2.40 bits per heavy atom. The molecule has 0 aliphatic heterocycles. The Morgan fingerprint density at radius 2 is 2.00 bits per heavy atom. The van der Waals surface area contributed by atoms with Gasteiger partial charge in [0, 0.05) is 0 Å². The van der Waals surface area contributed by atoms with Crippen LogP contribution in [0.4, 0.5) is 0 Å². The molecule has 2 atom stereocenters. The second-order valence-corrected chi connectivity index (χ2v) is 4.41. The average molecular weight is 140 g/mol. The zero-order valence-corrected chi connectivity index (χ0v) is 7.56. The SMILES string of the molecule is CC(C)CC1CCC(C)C1. The van der Waals surface area contributed by atoms with Crippen molar-refractivity contribution in [2.75, 3.05) is 0 Å². The molecule has 10 heavy (non-hydrogen) atoms. The third-order valence-electron chi connectivity index (χ3n) is 2.61. The summed E-state index contributed by atoms with van der Waals surface area (Å²) in [7, 11) is 0. The van der Waals surface area contributed by atoms with Gasteiger partial charge in [-0.15, -0.1) is 0 Å². The number of hydrogen-bond acceptors (Lipinski definition) is 0. The van der Waals surface area contributed by atoms with Crippen LogP contribution in [0.2, 0.25) is 0 Å². The third-order valence-corrected chi connectivity index (χ3v) is 2.61. The average Bonchev–Trinajstić information content (AvgIpc) is 2.13. The zero-order chi connectivity index (χ0) is 7.56. The molecule has 0 radical (unpaired) electrons. The van der Waals surface area contributed by atoms with Gasteiger partial charge in [0.1, 0.15) is 0 Å². The normalized spacial score (nSPS) is 33.6. The van der Waals surface area contributed by atoms with Gasteiger partial charge in [0.05, 0.1) is 0 Å². The van der Waals surface area contributed by atoms with Crippen LogP contribution in [0.3, 0.4) is 0 Å². The Balaban J connectivity index is 2.18. The lowest BCUT2D eigenvalue weighted by atomic mass is 9.95. The van der Waals surface area contributed by atoms with E-state index in [1.165, 1.54) is 25.7 Å². The first-order valence-corrected chi connectivity index (χ1v) is 4.68. The topological polar surface area (TPSA) is 0 Å². The minimum atomic E-state index is 0.912. The fraction of sp³-hybridized carbons (Fsp3) is 1.00. The summed E-state index contributed by atoms with van der Waals surface area (Å²) < 4.78 is 0. The van der Waals surface area contributed by atoms with Crippen LogP contribution < -0.4 is 0 Å². The fourth-order valence-electron chi connectivity index (χ4n) is 2.21. The van der Waals surface area contributed by atoms with Crippen molar-refractivity contribution < 1.29 is 0 Å². The molecule has 0 heteroatoms. The molecule has 0 aromatic rings. The van der Waals surface area contributed by atoms with E-state index in [4.69, 9.17) is 0 Å². The van der Waals surface area contributed by atoms with E-state index in [2.05, 4.69) is 20.8 Å². The molecule has 0 nitrogen and oxygen atoms in total. The summed E-state index contributed by atoms with van der Waals surface area (Å²) in [5, 5.41) is 0. The lowest BCUT2D eigenvalue weighted by Crippen LogP contribution is -1.99. The predicted molar refractivity (Wildman–Crippen MR) is 46.0 cm³/mol. The van der Waals surface area contributed by atoms with Crippen LogP contribution in [0.15, 0.2) is 0 Å². The minimum Gasteiger partial charge on any atom is -0.0628 e. The summed E-state index contributed by atoms with van der Waals surface area (Å²) in [5.41, 5.74) is 0. The summed E-state index contributed by atoms with van der Waals surface area (Å²) in [5.74, 6) is 2.99. The minimum absolute atomic E-state index is 0.912. The van der Waals surface area contributed by atoms with Crippen LogP contribution in [0.1, 0.15) is 46.5 Å². The van der Waals surface area contributed by atoms with Gasteiger partial charge in [-0.3, -0.25) is 0 Å². The smallest absolute Gasteiger partial charge is 0.0409 e. The van der Waals surface area contributed by atoms with E-state index in [1.807, 2.05) is 0 Å². The maximum Gasteiger partial charge on any atom is -0.0409 e. The second-order valence-electron chi connectivity index (χ2n) is 4.41. The van der Waals surface area contributed by atoms with E-state index >= 15 is 0 Å². The molecule has 0 heterocycles. The van der Waals surface area contributed by atoms with Gasteiger partial charge >= 0.3 is 0 Å². The highest BCUT2D eigenvalue weighted by molar-refractivity contribution is 4.73. The standard InChI is InChI=1S/C10H20/c1-8(2)6-10-5-4-9(3)7-10/h8-10H,4-7H2,1-3H3. The molecule has 0 bridgehead atoms. The van der Waals surface area contributed by atoms with Crippen LogP contribution >= 0.6 is 0 Å². The Kier molecular flexibility index (Phi) is 2.76. The van der Waals surface area contributed by atoms with E-state index in [1.54, 1.807) is 0 Å². The van der Waals surface area contributed by atoms with Gasteiger partial charge in [-0.05, 0) is 30.6 Å². The highest BCUT2D eigenvalue weighted by Gasteiger charge is 2.21.